The van der Waals surface area contributed by atoms with Crippen molar-refractivity contribution in [2.45, 2.75) is 25.1 Å². The third-order valence-electron chi connectivity index (χ3n) is 1.25. The summed E-state index contributed by atoms with van der Waals surface area (Å²) in [4.78, 5) is 0. The minimum Gasteiger partial charge on any atom is -0.347 e. The van der Waals surface area contributed by atoms with Crippen LogP contribution in [-0.4, -0.2) is 24.1 Å². The molecule has 0 radical (unpaired) electrons. The van der Waals surface area contributed by atoms with Gasteiger partial charge in [-0.15, -0.1) is 11.8 Å². The molecule has 9 heavy (non-hydrogen) atoms. The van der Waals surface area contributed by atoms with Gasteiger partial charge in [-0.25, -0.2) is 0 Å². The quantitative estimate of drug-likeness (QED) is 0.561. The maximum absolute atomic E-state index is 5.44. The summed E-state index contributed by atoms with van der Waals surface area (Å²) >= 11 is 1.69. The Bertz CT molecular complexity index is 103. The van der Waals surface area contributed by atoms with Crippen molar-refractivity contribution < 1.29 is 9.47 Å². The van der Waals surface area contributed by atoms with Crippen molar-refractivity contribution >= 4 is 11.8 Å². The van der Waals surface area contributed by atoms with Crippen LogP contribution in [0.2, 0.25) is 0 Å². The van der Waals surface area contributed by atoms with Crippen LogP contribution in [0.3, 0.4) is 0 Å². The number of hydrogen-bond acceptors (Lipinski definition) is 3. The first kappa shape index (κ1) is 7.38. The molecule has 0 N–H and O–H groups in total. The van der Waals surface area contributed by atoms with Crippen LogP contribution in [0.1, 0.15) is 13.8 Å². The molecule has 3 heteroatoms. The van der Waals surface area contributed by atoms with Crippen molar-refractivity contribution in [2.75, 3.05) is 12.9 Å². The highest BCUT2D eigenvalue weighted by Crippen LogP contribution is 2.27. The smallest absolute Gasteiger partial charge is 0.164 e. The molecule has 1 atom stereocenters. The molecule has 0 bridgehead atoms. The van der Waals surface area contributed by atoms with E-state index in [0.717, 1.165) is 0 Å². The van der Waals surface area contributed by atoms with E-state index >= 15 is 0 Å². The van der Waals surface area contributed by atoms with Gasteiger partial charge in [0.2, 0.25) is 0 Å². The van der Waals surface area contributed by atoms with E-state index in [2.05, 4.69) is 0 Å². The first-order valence-corrected chi connectivity index (χ1v) is 4.27. The van der Waals surface area contributed by atoms with Crippen molar-refractivity contribution in [1.29, 1.82) is 0 Å². The lowest BCUT2D eigenvalue weighted by molar-refractivity contribution is -0.129. The third-order valence-corrected chi connectivity index (χ3v) is 2.00. The Hall–Kier alpha value is 0.270. The van der Waals surface area contributed by atoms with Gasteiger partial charge in [0.15, 0.2) is 5.79 Å². The lowest BCUT2D eigenvalue weighted by atomic mass is 10.4. The SMILES string of the molecule is CSC1COC(C)(C)O1. The molecule has 0 aromatic carbocycles. The Morgan fingerprint density at radius 2 is 2.22 bits per heavy atom. The van der Waals surface area contributed by atoms with Crippen LogP contribution in [0.15, 0.2) is 0 Å². The zero-order valence-electron chi connectivity index (χ0n) is 6.01. The summed E-state index contributed by atoms with van der Waals surface area (Å²) < 4.78 is 10.7. The first-order chi connectivity index (χ1) is 4.14. The van der Waals surface area contributed by atoms with Gasteiger partial charge in [-0.2, -0.15) is 0 Å². The highest BCUT2D eigenvalue weighted by Gasteiger charge is 2.31. The van der Waals surface area contributed by atoms with E-state index in [1.807, 2.05) is 20.1 Å². The maximum Gasteiger partial charge on any atom is 0.164 e. The van der Waals surface area contributed by atoms with E-state index in [4.69, 9.17) is 9.47 Å². The molecule has 2 nitrogen and oxygen atoms in total. The lowest BCUT2D eigenvalue weighted by Gasteiger charge is -2.15. The number of ether oxygens (including phenoxy) is 2. The standard InChI is InChI=1S/C6H12O2S/c1-6(2)7-4-5(8-6)9-3/h5H,4H2,1-3H3. The van der Waals surface area contributed by atoms with Crippen LogP contribution < -0.4 is 0 Å². The maximum atomic E-state index is 5.44. The molecule has 0 aromatic heterocycles. The topological polar surface area (TPSA) is 18.5 Å². The minimum absolute atomic E-state index is 0.236. The average molecular weight is 148 g/mol. The number of thioether (sulfide) groups is 1. The summed E-state index contributed by atoms with van der Waals surface area (Å²) in [5.74, 6) is -0.353. The molecule has 1 aliphatic rings. The van der Waals surface area contributed by atoms with Gasteiger partial charge in [0.25, 0.3) is 0 Å². The molecule has 54 valence electrons. The summed E-state index contributed by atoms with van der Waals surface area (Å²) in [7, 11) is 0. The summed E-state index contributed by atoms with van der Waals surface area (Å²) in [6.45, 7) is 4.58. The van der Waals surface area contributed by atoms with Crippen LogP contribution in [0, 0.1) is 0 Å². The third kappa shape index (κ3) is 1.85. The highest BCUT2D eigenvalue weighted by molar-refractivity contribution is 7.99. The summed E-state index contributed by atoms with van der Waals surface area (Å²) in [5.41, 5.74) is 0.236. The van der Waals surface area contributed by atoms with Gasteiger partial charge in [0.05, 0.1) is 6.61 Å². The number of hydrogen-bond donors (Lipinski definition) is 0. The van der Waals surface area contributed by atoms with Gasteiger partial charge in [-0.3, -0.25) is 0 Å². The van der Waals surface area contributed by atoms with E-state index in [0.29, 0.717) is 6.61 Å². The minimum atomic E-state index is -0.353. The Morgan fingerprint density at radius 3 is 2.44 bits per heavy atom. The second-order valence-electron chi connectivity index (χ2n) is 2.49. The zero-order chi connectivity index (χ0) is 6.91. The van der Waals surface area contributed by atoms with Crippen molar-refractivity contribution in [2.24, 2.45) is 0 Å². The summed E-state index contributed by atoms with van der Waals surface area (Å²) in [6, 6.07) is 0. The summed E-state index contributed by atoms with van der Waals surface area (Å²) in [5, 5.41) is 0. The van der Waals surface area contributed by atoms with Gasteiger partial charge >= 0.3 is 0 Å². The monoisotopic (exact) mass is 148 g/mol. The molecule has 0 saturated carbocycles. The average Bonchev–Trinajstić information content (AvgIpc) is 2.10. The predicted molar refractivity (Wildman–Crippen MR) is 38.4 cm³/mol. The Balaban J connectivity index is 2.38. The fourth-order valence-electron chi connectivity index (χ4n) is 0.769. The van der Waals surface area contributed by atoms with Crippen molar-refractivity contribution in [1.82, 2.24) is 0 Å². The second kappa shape index (κ2) is 2.48. The molecular weight excluding hydrogens is 136 g/mol. The van der Waals surface area contributed by atoms with E-state index < -0.39 is 0 Å². The molecule has 1 unspecified atom stereocenters. The molecule has 0 aliphatic carbocycles. The molecule has 0 amide bonds. The molecular formula is C6H12O2S. The molecule has 1 fully saturated rings. The molecule has 0 aromatic rings. The van der Waals surface area contributed by atoms with Crippen LogP contribution in [0.5, 0.6) is 0 Å². The van der Waals surface area contributed by atoms with E-state index in [1.165, 1.54) is 0 Å². The molecule has 1 rings (SSSR count). The lowest BCUT2D eigenvalue weighted by Crippen LogP contribution is -2.20. The first-order valence-electron chi connectivity index (χ1n) is 2.98. The van der Waals surface area contributed by atoms with Gasteiger partial charge in [0.1, 0.15) is 5.44 Å². The van der Waals surface area contributed by atoms with Crippen molar-refractivity contribution in [3.63, 3.8) is 0 Å². The van der Waals surface area contributed by atoms with E-state index in [-0.39, 0.29) is 11.2 Å². The van der Waals surface area contributed by atoms with Crippen LogP contribution in [0.25, 0.3) is 0 Å². The van der Waals surface area contributed by atoms with E-state index in [9.17, 15) is 0 Å². The van der Waals surface area contributed by atoms with Gasteiger partial charge in [-0.05, 0) is 20.1 Å². The normalized spacial score (nSPS) is 33.0. The Morgan fingerprint density at radius 1 is 1.56 bits per heavy atom. The van der Waals surface area contributed by atoms with Gasteiger partial charge < -0.3 is 9.47 Å². The van der Waals surface area contributed by atoms with Gasteiger partial charge in [-0.1, -0.05) is 0 Å². The van der Waals surface area contributed by atoms with Crippen LogP contribution in [0.4, 0.5) is 0 Å². The fraction of sp³-hybridized carbons (Fsp3) is 1.00. The van der Waals surface area contributed by atoms with E-state index in [1.54, 1.807) is 11.8 Å². The molecule has 0 spiro atoms. The van der Waals surface area contributed by atoms with Crippen molar-refractivity contribution in [3.8, 4) is 0 Å². The highest BCUT2D eigenvalue weighted by atomic mass is 32.2. The Labute approximate surface area is 59.9 Å². The second-order valence-corrected chi connectivity index (χ2v) is 3.49. The molecule has 1 heterocycles. The van der Waals surface area contributed by atoms with Crippen molar-refractivity contribution in [3.05, 3.63) is 0 Å². The largest absolute Gasteiger partial charge is 0.347 e. The molecule has 1 saturated heterocycles. The zero-order valence-corrected chi connectivity index (χ0v) is 6.83. The predicted octanol–water partition coefficient (Wildman–Crippen LogP) is 1.46. The van der Waals surface area contributed by atoms with Gasteiger partial charge in [0, 0.05) is 0 Å². The summed E-state index contributed by atoms with van der Waals surface area (Å²) in [6.07, 6.45) is 2.02. The van der Waals surface area contributed by atoms with Crippen LogP contribution >= 0.6 is 11.8 Å². The molecule has 1 aliphatic heterocycles. The number of rotatable bonds is 1. The van der Waals surface area contributed by atoms with Crippen LogP contribution in [-0.2, 0) is 9.47 Å². The fourth-order valence-corrected chi connectivity index (χ4v) is 1.30. The Kier molecular flexibility index (Phi) is 2.03.